The smallest absolute Gasteiger partial charge is 0.308 e. The van der Waals surface area contributed by atoms with Crippen LogP contribution >= 0.6 is 11.3 Å². The molecule has 0 spiro atoms. The van der Waals surface area contributed by atoms with Crippen molar-refractivity contribution in [2.75, 3.05) is 6.61 Å². The zero-order chi connectivity index (χ0) is 26.0. The number of thiophene rings is 1. The van der Waals surface area contributed by atoms with Gasteiger partial charge in [0.05, 0.1) is 18.7 Å². The van der Waals surface area contributed by atoms with Gasteiger partial charge in [0.2, 0.25) is 0 Å². The number of hydrogen-bond acceptors (Lipinski definition) is 8. The number of aromatic nitrogens is 3. The van der Waals surface area contributed by atoms with E-state index in [1.165, 1.54) is 16.0 Å². The lowest BCUT2D eigenvalue weighted by Gasteiger charge is -2.21. The molecule has 9 heteroatoms. The molecular weight excluding hydrogens is 474 g/mol. The predicted molar refractivity (Wildman–Crippen MR) is 142 cm³/mol. The van der Waals surface area contributed by atoms with E-state index in [9.17, 15) is 4.79 Å². The number of benzene rings is 1. The van der Waals surface area contributed by atoms with Gasteiger partial charge in [0.1, 0.15) is 22.5 Å². The third-order valence-electron chi connectivity index (χ3n) is 6.22. The summed E-state index contributed by atoms with van der Waals surface area (Å²) in [6.45, 7) is 12.4. The van der Waals surface area contributed by atoms with Gasteiger partial charge in [-0.25, -0.2) is 5.90 Å². The van der Waals surface area contributed by atoms with Crippen LogP contribution in [0.25, 0.3) is 5.00 Å². The van der Waals surface area contributed by atoms with Crippen molar-refractivity contribution in [3.63, 3.8) is 0 Å². The van der Waals surface area contributed by atoms with Crippen molar-refractivity contribution in [3.8, 4) is 5.00 Å². The molecule has 8 nitrogen and oxygen atoms in total. The first-order chi connectivity index (χ1) is 17.1. The summed E-state index contributed by atoms with van der Waals surface area (Å²) in [7, 11) is 0. The molecule has 0 saturated heterocycles. The van der Waals surface area contributed by atoms with Crippen LogP contribution in [0.2, 0.25) is 0 Å². The van der Waals surface area contributed by atoms with Crippen molar-refractivity contribution in [2.45, 2.75) is 78.9 Å². The van der Waals surface area contributed by atoms with Crippen molar-refractivity contribution < 1.29 is 14.4 Å². The van der Waals surface area contributed by atoms with Gasteiger partial charge in [-0.3, -0.25) is 14.4 Å². The van der Waals surface area contributed by atoms with Gasteiger partial charge in [0, 0.05) is 16.0 Å². The third-order valence-corrected chi connectivity index (χ3v) is 7.42. The summed E-state index contributed by atoms with van der Waals surface area (Å²) < 4.78 is 7.69. The second-order valence-corrected chi connectivity index (χ2v) is 11.4. The number of nitrogens with zero attached hydrogens (tertiary/aromatic N) is 4. The zero-order valence-electron chi connectivity index (χ0n) is 21.9. The summed E-state index contributed by atoms with van der Waals surface area (Å²) in [6, 6.07) is 8.02. The number of carbonyl (C=O) groups excluding carboxylic acids is 1. The fourth-order valence-electron chi connectivity index (χ4n) is 4.41. The predicted octanol–water partition coefficient (Wildman–Crippen LogP) is 5.09. The zero-order valence-corrected chi connectivity index (χ0v) is 22.7. The summed E-state index contributed by atoms with van der Waals surface area (Å²) in [5, 5.41) is 9.84. The molecule has 0 fully saturated rings. The summed E-state index contributed by atoms with van der Waals surface area (Å²) in [6.07, 6.45) is 2.98. The fraction of sp³-hybridized carbons (Fsp3) is 0.481. The minimum absolute atomic E-state index is 0.0904. The number of rotatable bonds is 8. The van der Waals surface area contributed by atoms with Crippen LogP contribution in [-0.4, -0.2) is 38.7 Å². The number of nitrogens with two attached hydrogens (primary N) is 1. The van der Waals surface area contributed by atoms with E-state index in [0.29, 0.717) is 12.4 Å². The van der Waals surface area contributed by atoms with E-state index in [0.717, 1.165) is 46.9 Å². The highest BCUT2D eigenvalue weighted by molar-refractivity contribution is 7.15. The quantitative estimate of drug-likeness (QED) is 0.258. The molecule has 0 radical (unpaired) electrons. The Morgan fingerprint density at radius 3 is 2.50 bits per heavy atom. The lowest BCUT2D eigenvalue weighted by atomic mass is 9.97. The van der Waals surface area contributed by atoms with Crippen molar-refractivity contribution in [1.29, 1.82) is 0 Å². The summed E-state index contributed by atoms with van der Waals surface area (Å²) in [5.74, 6) is 6.26. The van der Waals surface area contributed by atoms with Crippen molar-refractivity contribution >= 4 is 23.0 Å². The first-order valence-corrected chi connectivity index (χ1v) is 13.1. The second kappa shape index (κ2) is 10.6. The van der Waals surface area contributed by atoms with Crippen LogP contribution in [0.15, 0.2) is 29.3 Å². The minimum Gasteiger partial charge on any atom is -0.460 e. The molecule has 0 amide bonds. The van der Waals surface area contributed by atoms with Crippen LogP contribution in [0.4, 0.5) is 0 Å². The van der Waals surface area contributed by atoms with Crippen LogP contribution in [0.5, 0.6) is 0 Å². The highest BCUT2D eigenvalue weighted by Crippen LogP contribution is 2.39. The molecule has 0 bridgehead atoms. The van der Waals surface area contributed by atoms with Gasteiger partial charge in [-0.05, 0) is 71.9 Å². The molecule has 36 heavy (non-hydrogen) atoms. The van der Waals surface area contributed by atoms with Crippen LogP contribution in [0.1, 0.15) is 84.9 Å². The normalized spacial score (nSPS) is 15.2. The Morgan fingerprint density at radius 2 is 1.83 bits per heavy atom. The average molecular weight is 510 g/mol. The lowest BCUT2D eigenvalue weighted by Crippen LogP contribution is -2.25. The topological polar surface area (TPSA) is 105 Å². The molecule has 0 unspecified atom stereocenters. The Labute approximate surface area is 216 Å². The Bertz CT molecular complexity index is 1270. The Hall–Kier alpha value is -2.88. The number of carbonyl (C=O) groups is 1. The molecule has 3 heterocycles. The van der Waals surface area contributed by atoms with Gasteiger partial charge >= 0.3 is 5.97 Å². The molecule has 2 aromatic heterocycles. The summed E-state index contributed by atoms with van der Waals surface area (Å²) >= 11 is 1.70. The van der Waals surface area contributed by atoms with Crippen LogP contribution in [0, 0.1) is 20.8 Å². The van der Waals surface area contributed by atoms with E-state index < -0.39 is 11.6 Å². The molecule has 1 aromatic carbocycles. The van der Waals surface area contributed by atoms with E-state index in [2.05, 4.69) is 57.7 Å². The van der Waals surface area contributed by atoms with E-state index in [-0.39, 0.29) is 12.4 Å². The number of hydrogen-bond donors (Lipinski definition) is 1. The van der Waals surface area contributed by atoms with Gasteiger partial charge in [-0.1, -0.05) is 24.3 Å². The molecule has 192 valence electrons. The SMILES string of the molecule is Cc1sc2c(c1C)C(c1ccc(CCCCON)cc1)=N[C@@H](CC(=O)OC(C)(C)C)c1nnc(C)n1-2. The maximum atomic E-state index is 12.9. The average Bonchev–Trinajstić information content (AvgIpc) is 3.28. The van der Waals surface area contributed by atoms with Gasteiger partial charge in [-0.15, -0.1) is 21.5 Å². The van der Waals surface area contributed by atoms with E-state index in [4.69, 9.17) is 15.6 Å². The Morgan fingerprint density at radius 1 is 1.11 bits per heavy atom. The van der Waals surface area contributed by atoms with E-state index in [1.807, 2.05) is 27.7 Å². The number of unbranched alkanes of at least 4 members (excludes halogenated alkanes) is 1. The van der Waals surface area contributed by atoms with E-state index >= 15 is 0 Å². The first-order valence-electron chi connectivity index (χ1n) is 12.3. The highest BCUT2D eigenvalue weighted by Gasteiger charge is 2.33. The molecule has 1 aliphatic rings. The number of fused-ring (bicyclic) bond motifs is 3. The van der Waals surface area contributed by atoms with Crippen molar-refractivity contribution in [2.24, 2.45) is 10.9 Å². The maximum Gasteiger partial charge on any atom is 0.308 e. The van der Waals surface area contributed by atoms with Gasteiger partial charge < -0.3 is 9.57 Å². The van der Waals surface area contributed by atoms with Crippen LogP contribution in [0.3, 0.4) is 0 Å². The third kappa shape index (κ3) is 5.58. The standard InChI is InChI=1S/C27H35N5O3S/c1-16-17(2)36-26-23(16)24(20-12-10-19(11-13-20)9-7-8-14-34-28)29-21(15-22(33)35-27(4,5)6)25-31-30-18(3)32(25)26/h10-13,21H,7-9,14-15,28H2,1-6H3/t21-/m0/s1. The van der Waals surface area contributed by atoms with Gasteiger partial charge in [0.25, 0.3) is 0 Å². The summed E-state index contributed by atoms with van der Waals surface area (Å²) in [5.41, 5.74) is 4.81. The molecule has 3 aromatic rings. The molecule has 0 saturated carbocycles. The van der Waals surface area contributed by atoms with Crippen LogP contribution < -0.4 is 5.90 Å². The second-order valence-electron chi connectivity index (χ2n) is 10.2. The summed E-state index contributed by atoms with van der Waals surface area (Å²) in [4.78, 5) is 23.9. The molecular formula is C27H35N5O3S. The van der Waals surface area contributed by atoms with Crippen molar-refractivity contribution in [3.05, 3.63) is 63.0 Å². The number of esters is 1. The Kier molecular flexibility index (Phi) is 7.73. The first kappa shape index (κ1) is 26.2. The highest BCUT2D eigenvalue weighted by atomic mass is 32.1. The molecule has 2 N–H and O–H groups in total. The molecule has 0 aliphatic carbocycles. The number of aliphatic imine (C=N–C) groups is 1. The monoisotopic (exact) mass is 509 g/mol. The molecule has 1 aliphatic heterocycles. The number of aryl methyl sites for hydroxylation is 3. The van der Waals surface area contributed by atoms with Gasteiger partial charge in [0.15, 0.2) is 5.82 Å². The molecule has 1 atom stereocenters. The maximum absolute atomic E-state index is 12.9. The van der Waals surface area contributed by atoms with Gasteiger partial charge in [-0.2, -0.15) is 0 Å². The van der Waals surface area contributed by atoms with Crippen LogP contribution in [-0.2, 0) is 20.8 Å². The number of ether oxygens (including phenoxy) is 1. The largest absolute Gasteiger partial charge is 0.460 e. The fourth-order valence-corrected chi connectivity index (χ4v) is 5.62. The lowest BCUT2D eigenvalue weighted by molar-refractivity contribution is -0.155. The minimum atomic E-state index is -0.573. The van der Waals surface area contributed by atoms with Crippen molar-refractivity contribution in [1.82, 2.24) is 14.8 Å². The molecule has 4 rings (SSSR count). The Balaban J connectivity index is 1.76. The van der Waals surface area contributed by atoms with E-state index in [1.54, 1.807) is 11.3 Å².